The minimum absolute atomic E-state index is 0.499. The molecule has 0 saturated carbocycles. The van der Waals surface area contributed by atoms with Crippen molar-refractivity contribution in [1.29, 1.82) is 0 Å². The van der Waals surface area contributed by atoms with Gasteiger partial charge in [-0.15, -0.1) is 0 Å². The van der Waals surface area contributed by atoms with E-state index in [4.69, 9.17) is 11.6 Å². The van der Waals surface area contributed by atoms with E-state index in [-0.39, 0.29) is 0 Å². The van der Waals surface area contributed by atoms with E-state index in [1.54, 1.807) is 6.07 Å². The summed E-state index contributed by atoms with van der Waals surface area (Å²) < 4.78 is 0. The molecule has 1 saturated heterocycles. The lowest BCUT2D eigenvalue weighted by Crippen LogP contribution is -2.37. The van der Waals surface area contributed by atoms with Crippen LogP contribution in [-0.4, -0.2) is 36.6 Å². The van der Waals surface area contributed by atoms with Gasteiger partial charge in [0.25, 0.3) is 0 Å². The van der Waals surface area contributed by atoms with Crippen LogP contribution >= 0.6 is 11.6 Å². The lowest BCUT2D eigenvalue weighted by molar-refractivity contribution is 0.380. The van der Waals surface area contributed by atoms with E-state index in [0.29, 0.717) is 11.1 Å². The highest BCUT2D eigenvalue weighted by Crippen LogP contribution is 2.17. The monoisotopic (exact) mass is 240 g/mol. The zero-order chi connectivity index (χ0) is 11.4. The third kappa shape index (κ3) is 3.06. The van der Waals surface area contributed by atoms with Gasteiger partial charge in [-0.3, -0.25) is 0 Å². The molecule has 2 heterocycles. The number of halogens is 1. The maximum Gasteiger partial charge on any atom is 0.134 e. The second-order valence-electron chi connectivity index (χ2n) is 4.29. The van der Waals surface area contributed by atoms with Crippen LogP contribution in [0.5, 0.6) is 0 Å². The van der Waals surface area contributed by atoms with Gasteiger partial charge in [0.1, 0.15) is 17.3 Å². The largest absolute Gasteiger partial charge is 0.359 e. The third-order valence-electron chi connectivity index (χ3n) is 2.94. The predicted octanol–water partition coefficient (Wildman–Crippen LogP) is 1.57. The van der Waals surface area contributed by atoms with E-state index in [2.05, 4.69) is 20.2 Å². The van der Waals surface area contributed by atoms with E-state index in [1.807, 2.05) is 7.05 Å². The van der Waals surface area contributed by atoms with Gasteiger partial charge in [-0.25, -0.2) is 9.97 Å². The quantitative estimate of drug-likeness (QED) is 0.815. The molecule has 2 rings (SSSR count). The van der Waals surface area contributed by atoms with Crippen molar-refractivity contribution >= 4 is 17.4 Å². The molecule has 0 amide bonds. The molecule has 16 heavy (non-hydrogen) atoms. The molecular weight excluding hydrogens is 224 g/mol. The Morgan fingerprint density at radius 3 is 3.12 bits per heavy atom. The lowest BCUT2D eigenvalue weighted by Gasteiger charge is -2.28. The van der Waals surface area contributed by atoms with Crippen molar-refractivity contribution in [2.45, 2.75) is 12.8 Å². The molecule has 5 heteroatoms. The normalized spacial score (nSPS) is 20.8. The fourth-order valence-electron chi connectivity index (χ4n) is 2.09. The molecule has 1 aromatic rings. The summed E-state index contributed by atoms with van der Waals surface area (Å²) in [6, 6.07) is 1.80. The zero-order valence-electron chi connectivity index (χ0n) is 9.49. The molecule has 0 spiro atoms. The van der Waals surface area contributed by atoms with E-state index in [1.165, 1.54) is 19.2 Å². The van der Waals surface area contributed by atoms with Crippen LogP contribution in [0.1, 0.15) is 12.8 Å². The van der Waals surface area contributed by atoms with Gasteiger partial charge in [0, 0.05) is 19.7 Å². The molecular formula is C11H17ClN4. The minimum atomic E-state index is 0.499. The number of piperidine rings is 1. The summed E-state index contributed by atoms with van der Waals surface area (Å²) in [5, 5.41) is 3.92. The van der Waals surface area contributed by atoms with Gasteiger partial charge in [0.05, 0.1) is 0 Å². The Morgan fingerprint density at radius 2 is 2.44 bits per heavy atom. The van der Waals surface area contributed by atoms with E-state index in [0.717, 1.165) is 25.5 Å². The maximum absolute atomic E-state index is 5.84. The highest BCUT2D eigenvalue weighted by atomic mass is 35.5. The van der Waals surface area contributed by atoms with Crippen molar-refractivity contribution in [2.75, 3.05) is 31.6 Å². The Labute approximate surface area is 101 Å². The molecule has 1 atom stereocenters. The standard InChI is InChI=1S/C11H17ClN4/c1-16(7-9-3-2-4-13-6-9)11-5-10(12)14-8-15-11/h5,8-9,13H,2-4,6-7H2,1H3/t9-/m1/s1. The van der Waals surface area contributed by atoms with Crippen molar-refractivity contribution in [1.82, 2.24) is 15.3 Å². The molecule has 1 fully saturated rings. The Hall–Kier alpha value is -0.870. The first-order valence-electron chi connectivity index (χ1n) is 5.65. The smallest absolute Gasteiger partial charge is 0.134 e. The summed E-state index contributed by atoms with van der Waals surface area (Å²) >= 11 is 5.84. The number of nitrogens with one attached hydrogen (secondary N) is 1. The van der Waals surface area contributed by atoms with Crippen LogP contribution in [0.3, 0.4) is 0 Å². The van der Waals surface area contributed by atoms with E-state index < -0.39 is 0 Å². The van der Waals surface area contributed by atoms with E-state index in [9.17, 15) is 0 Å². The summed E-state index contributed by atoms with van der Waals surface area (Å²) in [5.74, 6) is 1.60. The van der Waals surface area contributed by atoms with Gasteiger partial charge in [-0.05, 0) is 31.8 Å². The van der Waals surface area contributed by atoms with Crippen molar-refractivity contribution in [3.05, 3.63) is 17.5 Å². The molecule has 0 unspecified atom stereocenters. The van der Waals surface area contributed by atoms with Crippen LogP contribution in [0.25, 0.3) is 0 Å². The molecule has 1 aromatic heterocycles. The van der Waals surface area contributed by atoms with Crippen LogP contribution < -0.4 is 10.2 Å². The average molecular weight is 241 g/mol. The van der Waals surface area contributed by atoms with Crippen molar-refractivity contribution < 1.29 is 0 Å². The Bertz CT molecular complexity index is 339. The number of hydrogen-bond acceptors (Lipinski definition) is 4. The Balaban J connectivity index is 1.94. The summed E-state index contributed by atoms with van der Waals surface area (Å²) in [4.78, 5) is 10.2. The van der Waals surface area contributed by atoms with Gasteiger partial charge in [0.15, 0.2) is 0 Å². The van der Waals surface area contributed by atoms with Crippen molar-refractivity contribution in [2.24, 2.45) is 5.92 Å². The van der Waals surface area contributed by atoms with E-state index >= 15 is 0 Å². The third-order valence-corrected chi connectivity index (χ3v) is 3.15. The molecule has 1 aliphatic heterocycles. The highest BCUT2D eigenvalue weighted by Gasteiger charge is 2.15. The molecule has 0 bridgehead atoms. The minimum Gasteiger partial charge on any atom is -0.359 e. The van der Waals surface area contributed by atoms with Gasteiger partial charge in [-0.2, -0.15) is 0 Å². The molecule has 0 radical (unpaired) electrons. The first kappa shape index (κ1) is 11.6. The number of nitrogens with zero attached hydrogens (tertiary/aromatic N) is 3. The van der Waals surface area contributed by atoms with Gasteiger partial charge in [0.2, 0.25) is 0 Å². The summed E-state index contributed by atoms with van der Waals surface area (Å²) in [6.07, 6.45) is 4.06. The second-order valence-corrected chi connectivity index (χ2v) is 4.68. The average Bonchev–Trinajstić information content (AvgIpc) is 2.30. The molecule has 0 aliphatic carbocycles. The molecule has 1 N–H and O–H groups in total. The summed E-state index contributed by atoms with van der Waals surface area (Å²) in [6.45, 7) is 3.27. The molecule has 4 nitrogen and oxygen atoms in total. The number of hydrogen-bond donors (Lipinski definition) is 1. The molecule has 88 valence electrons. The van der Waals surface area contributed by atoms with Crippen LogP contribution in [0, 0.1) is 5.92 Å². The fourth-order valence-corrected chi connectivity index (χ4v) is 2.23. The van der Waals surface area contributed by atoms with Crippen LogP contribution in [-0.2, 0) is 0 Å². The lowest BCUT2D eigenvalue weighted by atomic mass is 9.99. The molecule has 0 aromatic carbocycles. The van der Waals surface area contributed by atoms with Gasteiger partial charge >= 0.3 is 0 Å². The first-order chi connectivity index (χ1) is 7.75. The first-order valence-corrected chi connectivity index (χ1v) is 6.03. The van der Waals surface area contributed by atoms with Crippen molar-refractivity contribution in [3.63, 3.8) is 0 Å². The zero-order valence-corrected chi connectivity index (χ0v) is 10.2. The number of anilines is 1. The topological polar surface area (TPSA) is 41.0 Å². The number of aromatic nitrogens is 2. The van der Waals surface area contributed by atoms with Crippen molar-refractivity contribution in [3.8, 4) is 0 Å². The Kier molecular flexibility index (Phi) is 3.96. The number of rotatable bonds is 3. The summed E-state index contributed by atoms with van der Waals surface area (Å²) in [7, 11) is 2.05. The van der Waals surface area contributed by atoms with Gasteiger partial charge in [-0.1, -0.05) is 11.6 Å². The SMILES string of the molecule is CN(C[C@@H]1CCCNC1)c1cc(Cl)ncn1. The van der Waals surface area contributed by atoms with Crippen LogP contribution in [0.4, 0.5) is 5.82 Å². The van der Waals surface area contributed by atoms with Gasteiger partial charge < -0.3 is 10.2 Å². The maximum atomic E-state index is 5.84. The summed E-state index contributed by atoms with van der Waals surface area (Å²) in [5.41, 5.74) is 0. The second kappa shape index (κ2) is 5.46. The van der Waals surface area contributed by atoms with Crippen LogP contribution in [0.15, 0.2) is 12.4 Å². The fraction of sp³-hybridized carbons (Fsp3) is 0.636. The molecule has 1 aliphatic rings. The predicted molar refractivity (Wildman–Crippen MR) is 65.9 cm³/mol. The van der Waals surface area contributed by atoms with Crippen LogP contribution in [0.2, 0.25) is 5.15 Å². The Morgan fingerprint density at radius 1 is 1.56 bits per heavy atom. The highest BCUT2D eigenvalue weighted by molar-refractivity contribution is 6.29.